The van der Waals surface area contributed by atoms with Gasteiger partial charge in [0.25, 0.3) is 0 Å². The molecular weight excluding hydrogens is 250 g/mol. The summed E-state index contributed by atoms with van der Waals surface area (Å²) in [6.07, 6.45) is 1.86. The van der Waals surface area contributed by atoms with Crippen molar-refractivity contribution in [2.45, 2.75) is 52.1 Å². The number of amides is 1. The molecule has 1 aromatic rings. The van der Waals surface area contributed by atoms with Crippen LogP contribution >= 0.6 is 0 Å². The molecule has 1 heterocycles. The van der Waals surface area contributed by atoms with E-state index in [4.69, 9.17) is 5.73 Å². The number of fused-ring (bicyclic) bond motifs is 1. The maximum Gasteiger partial charge on any atom is 0.242 e. The van der Waals surface area contributed by atoms with E-state index in [9.17, 15) is 4.79 Å². The zero-order chi connectivity index (χ0) is 14.9. The van der Waals surface area contributed by atoms with Gasteiger partial charge in [0.1, 0.15) is 6.04 Å². The summed E-state index contributed by atoms with van der Waals surface area (Å²) in [7, 11) is 0. The number of rotatable bonds is 4. The second kappa shape index (κ2) is 5.35. The highest BCUT2D eigenvalue weighted by Gasteiger charge is 2.31. The van der Waals surface area contributed by atoms with E-state index in [1.54, 1.807) is 0 Å². The Kier molecular flexibility index (Phi) is 3.93. The molecule has 2 rings (SSSR count). The van der Waals surface area contributed by atoms with E-state index in [-0.39, 0.29) is 17.5 Å². The Morgan fingerprint density at radius 1 is 1.50 bits per heavy atom. The van der Waals surface area contributed by atoms with E-state index < -0.39 is 0 Å². The Labute approximate surface area is 121 Å². The molecule has 4 nitrogen and oxygen atoms in total. The first-order valence-electron chi connectivity index (χ1n) is 7.32. The number of nitrogens with two attached hydrogens (primary N) is 1. The average Bonchev–Trinajstić information content (AvgIpc) is 2.82. The molecule has 0 spiro atoms. The van der Waals surface area contributed by atoms with Gasteiger partial charge < -0.3 is 16.0 Å². The number of benzene rings is 1. The first-order chi connectivity index (χ1) is 9.35. The molecule has 1 atom stereocenters. The third kappa shape index (κ3) is 2.74. The van der Waals surface area contributed by atoms with Gasteiger partial charge in [-0.1, -0.05) is 19.1 Å². The second-order valence-corrected chi connectivity index (χ2v) is 6.20. The molecule has 0 aromatic heterocycles. The summed E-state index contributed by atoms with van der Waals surface area (Å²) in [5, 5.41) is 3.11. The van der Waals surface area contributed by atoms with Crippen LogP contribution in [0.5, 0.6) is 0 Å². The smallest absolute Gasteiger partial charge is 0.242 e. The maximum atomic E-state index is 12.4. The van der Waals surface area contributed by atoms with Gasteiger partial charge in [0.05, 0.1) is 11.4 Å². The number of hydrogen-bond acceptors (Lipinski definition) is 3. The predicted octanol–water partition coefficient (Wildman–Crippen LogP) is 2.32. The van der Waals surface area contributed by atoms with Crippen molar-refractivity contribution in [2.24, 2.45) is 0 Å². The van der Waals surface area contributed by atoms with Crippen LogP contribution in [0.3, 0.4) is 0 Å². The lowest BCUT2D eigenvalue weighted by Gasteiger charge is -2.31. The van der Waals surface area contributed by atoms with Crippen LogP contribution in [0.4, 0.5) is 11.4 Å². The summed E-state index contributed by atoms with van der Waals surface area (Å²) >= 11 is 0. The molecule has 0 fully saturated rings. The Morgan fingerprint density at radius 2 is 2.20 bits per heavy atom. The molecule has 3 N–H and O–H groups in total. The molecule has 20 heavy (non-hydrogen) atoms. The summed E-state index contributed by atoms with van der Waals surface area (Å²) < 4.78 is 0. The number of nitrogen functional groups attached to an aromatic ring is 1. The SMILES string of the molecule is CCC(C)(C)NC(=O)C(C)N1CCc2cccc(N)c21. The van der Waals surface area contributed by atoms with Crippen molar-refractivity contribution in [2.75, 3.05) is 17.2 Å². The molecule has 0 bridgehead atoms. The fourth-order valence-electron chi connectivity index (χ4n) is 2.57. The van der Waals surface area contributed by atoms with Gasteiger partial charge in [-0.2, -0.15) is 0 Å². The van der Waals surface area contributed by atoms with Crippen molar-refractivity contribution < 1.29 is 4.79 Å². The van der Waals surface area contributed by atoms with Gasteiger partial charge in [-0.3, -0.25) is 4.79 Å². The van der Waals surface area contributed by atoms with Crippen molar-refractivity contribution in [3.63, 3.8) is 0 Å². The number of nitrogens with one attached hydrogen (secondary N) is 1. The van der Waals surface area contributed by atoms with Crippen LogP contribution in [0, 0.1) is 0 Å². The van der Waals surface area contributed by atoms with Crippen molar-refractivity contribution in [1.29, 1.82) is 0 Å². The molecule has 1 unspecified atom stereocenters. The quantitative estimate of drug-likeness (QED) is 0.829. The van der Waals surface area contributed by atoms with E-state index in [1.807, 2.05) is 32.9 Å². The van der Waals surface area contributed by atoms with Crippen LogP contribution in [0.2, 0.25) is 0 Å². The highest BCUT2D eigenvalue weighted by atomic mass is 16.2. The van der Waals surface area contributed by atoms with E-state index in [0.717, 1.165) is 30.8 Å². The molecule has 0 radical (unpaired) electrons. The number of anilines is 2. The summed E-state index contributed by atoms with van der Waals surface area (Å²) in [5.41, 5.74) is 8.94. The summed E-state index contributed by atoms with van der Waals surface area (Å²) in [6.45, 7) is 8.97. The molecule has 4 heteroatoms. The Bertz CT molecular complexity index is 510. The first-order valence-corrected chi connectivity index (χ1v) is 7.32. The minimum Gasteiger partial charge on any atom is -0.397 e. The molecule has 110 valence electrons. The van der Waals surface area contributed by atoms with E-state index >= 15 is 0 Å². The maximum absolute atomic E-state index is 12.4. The third-order valence-corrected chi connectivity index (χ3v) is 4.25. The zero-order valence-corrected chi connectivity index (χ0v) is 12.9. The average molecular weight is 275 g/mol. The van der Waals surface area contributed by atoms with Crippen molar-refractivity contribution >= 4 is 17.3 Å². The monoisotopic (exact) mass is 275 g/mol. The van der Waals surface area contributed by atoms with Gasteiger partial charge in [0, 0.05) is 12.1 Å². The summed E-state index contributed by atoms with van der Waals surface area (Å²) in [5.74, 6) is 0.0629. The van der Waals surface area contributed by atoms with Crippen molar-refractivity contribution in [1.82, 2.24) is 5.32 Å². The standard InChI is InChI=1S/C16H25N3O/c1-5-16(3,4)18-15(20)11(2)19-10-9-12-7-6-8-13(17)14(12)19/h6-8,11H,5,9-10,17H2,1-4H3,(H,18,20). The Balaban J connectivity index is 2.17. The summed E-state index contributed by atoms with van der Waals surface area (Å²) in [6, 6.07) is 5.76. The first kappa shape index (κ1) is 14.7. The lowest BCUT2D eigenvalue weighted by molar-refractivity contribution is -0.123. The Morgan fingerprint density at radius 3 is 2.85 bits per heavy atom. The lowest BCUT2D eigenvalue weighted by atomic mass is 10.0. The van der Waals surface area contributed by atoms with Gasteiger partial charge in [-0.25, -0.2) is 0 Å². The third-order valence-electron chi connectivity index (χ3n) is 4.25. The van der Waals surface area contributed by atoms with Crippen LogP contribution < -0.4 is 16.0 Å². The number of para-hydroxylation sites is 1. The molecule has 1 aromatic carbocycles. The van der Waals surface area contributed by atoms with Gasteiger partial charge in [-0.15, -0.1) is 0 Å². The minimum absolute atomic E-state index is 0.0629. The largest absolute Gasteiger partial charge is 0.397 e. The van der Waals surface area contributed by atoms with E-state index in [1.165, 1.54) is 5.56 Å². The molecule has 0 saturated heterocycles. The molecule has 1 aliphatic heterocycles. The van der Waals surface area contributed by atoms with Gasteiger partial charge in [0.15, 0.2) is 0 Å². The van der Waals surface area contributed by atoms with Crippen LogP contribution in [-0.4, -0.2) is 24.0 Å². The van der Waals surface area contributed by atoms with Crippen molar-refractivity contribution in [3.8, 4) is 0 Å². The number of carbonyl (C=O) groups is 1. The van der Waals surface area contributed by atoms with E-state index in [2.05, 4.69) is 23.2 Å². The number of nitrogens with zero attached hydrogens (tertiary/aromatic N) is 1. The number of carbonyl (C=O) groups excluding carboxylic acids is 1. The van der Waals surface area contributed by atoms with Crippen LogP contribution in [0.15, 0.2) is 18.2 Å². The molecule has 1 amide bonds. The summed E-state index contributed by atoms with van der Waals surface area (Å²) in [4.78, 5) is 14.5. The van der Waals surface area contributed by atoms with E-state index in [0.29, 0.717) is 0 Å². The fourth-order valence-corrected chi connectivity index (χ4v) is 2.57. The topological polar surface area (TPSA) is 58.4 Å². The minimum atomic E-state index is -0.202. The molecule has 1 aliphatic rings. The highest BCUT2D eigenvalue weighted by Crippen LogP contribution is 2.35. The van der Waals surface area contributed by atoms with Crippen LogP contribution in [-0.2, 0) is 11.2 Å². The van der Waals surface area contributed by atoms with Gasteiger partial charge >= 0.3 is 0 Å². The number of hydrogen-bond donors (Lipinski definition) is 2. The predicted molar refractivity (Wildman–Crippen MR) is 83.9 cm³/mol. The zero-order valence-electron chi connectivity index (χ0n) is 12.9. The fraction of sp³-hybridized carbons (Fsp3) is 0.562. The van der Waals surface area contributed by atoms with Crippen LogP contribution in [0.1, 0.15) is 39.7 Å². The van der Waals surface area contributed by atoms with Crippen LogP contribution in [0.25, 0.3) is 0 Å². The highest BCUT2D eigenvalue weighted by molar-refractivity contribution is 5.88. The van der Waals surface area contributed by atoms with Gasteiger partial charge in [-0.05, 0) is 45.2 Å². The lowest BCUT2D eigenvalue weighted by Crippen LogP contribution is -2.51. The van der Waals surface area contributed by atoms with Crippen molar-refractivity contribution in [3.05, 3.63) is 23.8 Å². The molecule has 0 saturated carbocycles. The normalized spacial score (nSPS) is 15.9. The molecule has 0 aliphatic carbocycles. The Hall–Kier alpha value is -1.71. The van der Waals surface area contributed by atoms with Gasteiger partial charge in [0.2, 0.25) is 5.91 Å². The molecular formula is C16H25N3O. The second-order valence-electron chi connectivity index (χ2n) is 6.20.